The average molecular weight is 275 g/mol. The summed E-state index contributed by atoms with van der Waals surface area (Å²) in [7, 11) is 0. The van der Waals surface area contributed by atoms with Gasteiger partial charge < -0.3 is 14.5 Å². The second-order valence-corrected chi connectivity index (χ2v) is 6.53. The highest BCUT2D eigenvalue weighted by Gasteiger charge is 2.46. The molecule has 0 radical (unpaired) electrons. The molecule has 2 fully saturated rings. The van der Waals surface area contributed by atoms with Crippen LogP contribution in [-0.4, -0.2) is 46.8 Å². The highest BCUT2D eigenvalue weighted by atomic mass is 16.6. The van der Waals surface area contributed by atoms with Gasteiger partial charge in [0.2, 0.25) is 0 Å². The van der Waals surface area contributed by atoms with Crippen LogP contribution >= 0.6 is 0 Å². The van der Waals surface area contributed by atoms with Gasteiger partial charge in [-0.15, -0.1) is 0 Å². The fourth-order valence-corrected chi connectivity index (χ4v) is 3.06. The Morgan fingerprint density at radius 2 is 1.95 bits per heavy atom. The van der Waals surface area contributed by atoms with Gasteiger partial charge in [0, 0.05) is 37.2 Å². The molecule has 2 atom stereocenters. The van der Waals surface area contributed by atoms with Crippen molar-refractivity contribution in [3.05, 3.63) is 24.5 Å². The fraction of sp³-hybridized carbons (Fsp3) is 0.600. The van der Waals surface area contributed by atoms with Crippen molar-refractivity contribution in [1.82, 2.24) is 9.88 Å². The number of carbonyl (C=O) groups excluding carboxylic acids is 1. The molecule has 5 nitrogen and oxygen atoms in total. The van der Waals surface area contributed by atoms with Crippen LogP contribution in [0.15, 0.2) is 24.5 Å². The molecule has 20 heavy (non-hydrogen) atoms. The van der Waals surface area contributed by atoms with Gasteiger partial charge in [0.1, 0.15) is 5.60 Å². The Hall–Kier alpha value is -1.78. The van der Waals surface area contributed by atoms with Crippen molar-refractivity contribution in [2.24, 2.45) is 0 Å². The maximum atomic E-state index is 12.2. The summed E-state index contributed by atoms with van der Waals surface area (Å²) >= 11 is 0. The molecule has 2 saturated heterocycles. The van der Waals surface area contributed by atoms with E-state index in [0.717, 1.165) is 19.5 Å². The number of hydrogen-bond acceptors (Lipinski definition) is 4. The number of ether oxygens (including phenoxy) is 1. The molecule has 0 aliphatic carbocycles. The Morgan fingerprint density at radius 1 is 1.25 bits per heavy atom. The van der Waals surface area contributed by atoms with Gasteiger partial charge in [-0.2, -0.15) is 0 Å². The maximum absolute atomic E-state index is 12.2. The van der Waals surface area contributed by atoms with Crippen LogP contribution in [0, 0.1) is 0 Å². The molecule has 0 unspecified atom stereocenters. The summed E-state index contributed by atoms with van der Waals surface area (Å²) in [6.07, 6.45) is 4.47. The van der Waals surface area contributed by atoms with Gasteiger partial charge in [-0.05, 0) is 39.3 Å². The minimum Gasteiger partial charge on any atom is -0.444 e. The summed E-state index contributed by atoms with van der Waals surface area (Å²) in [6.45, 7) is 7.35. The van der Waals surface area contributed by atoms with Gasteiger partial charge in [-0.3, -0.25) is 4.98 Å². The second kappa shape index (κ2) is 4.65. The third kappa shape index (κ3) is 2.44. The van der Waals surface area contributed by atoms with Gasteiger partial charge in [-0.1, -0.05) is 0 Å². The van der Waals surface area contributed by atoms with Crippen molar-refractivity contribution in [2.45, 2.75) is 44.9 Å². The Morgan fingerprint density at radius 3 is 2.50 bits per heavy atom. The summed E-state index contributed by atoms with van der Waals surface area (Å²) in [4.78, 5) is 20.5. The highest BCUT2D eigenvalue weighted by Crippen LogP contribution is 2.34. The normalized spacial score (nSPS) is 25.1. The standard InChI is InChI=1S/C15H21N3O2/c1-15(2,3)20-14(19)18-10-12-8-13(18)9-17(12)11-4-6-16-7-5-11/h4-7,12-13H,8-10H2,1-3H3/t12-,13-/m0/s1. The predicted octanol–water partition coefficient (Wildman–Crippen LogP) is 2.28. The Labute approximate surface area is 119 Å². The van der Waals surface area contributed by atoms with E-state index in [4.69, 9.17) is 4.74 Å². The van der Waals surface area contributed by atoms with Gasteiger partial charge in [0.05, 0.1) is 6.04 Å². The van der Waals surface area contributed by atoms with E-state index in [0.29, 0.717) is 6.04 Å². The average Bonchev–Trinajstić information content (AvgIpc) is 2.97. The van der Waals surface area contributed by atoms with Crippen LogP contribution in [0.2, 0.25) is 0 Å². The quantitative estimate of drug-likeness (QED) is 0.789. The van der Waals surface area contributed by atoms with E-state index in [1.807, 2.05) is 50.2 Å². The van der Waals surface area contributed by atoms with E-state index < -0.39 is 5.60 Å². The molecule has 3 heterocycles. The maximum Gasteiger partial charge on any atom is 0.410 e. The third-order valence-corrected chi connectivity index (χ3v) is 3.86. The number of likely N-dealkylation sites (tertiary alicyclic amines) is 1. The second-order valence-electron chi connectivity index (χ2n) is 6.53. The largest absolute Gasteiger partial charge is 0.444 e. The molecule has 108 valence electrons. The van der Waals surface area contributed by atoms with E-state index in [9.17, 15) is 4.79 Å². The molecule has 0 saturated carbocycles. The Balaban J connectivity index is 1.66. The van der Waals surface area contributed by atoms with E-state index in [1.165, 1.54) is 5.69 Å². The van der Waals surface area contributed by atoms with Crippen LogP contribution in [0.3, 0.4) is 0 Å². The summed E-state index contributed by atoms with van der Waals surface area (Å²) in [5.41, 5.74) is 0.764. The van der Waals surface area contributed by atoms with Crippen molar-refractivity contribution in [3.8, 4) is 0 Å². The number of hydrogen-bond donors (Lipinski definition) is 0. The van der Waals surface area contributed by atoms with Gasteiger partial charge in [0.25, 0.3) is 0 Å². The number of anilines is 1. The molecule has 0 aromatic carbocycles. The van der Waals surface area contributed by atoms with Crippen molar-refractivity contribution < 1.29 is 9.53 Å². The molecule has 2 aliphatic heterocycles. The molecule has 2 aliphatic rings. The van der Waals surface area contributed by atoms with Gasteiger partial charge in [0.15, 0.2) is 0 Å². The first-order valence-corrected chi connectivity index (χ1v) is 7.10. The molecule has 5 heteroatoms. The summed E-state index contributed by atoms with van der Waals surface area (Å²) < 4.78 is 5.47. The molecule has 0 N–H and O–H groups in total. The van der Waals surface area contributed by atoms with Crippen LogP contribution in [0.1, 0.15) is 27.2 Å². The van der Waals surface area contributed by atoms with E-state index in [2.05, 4.69) is 9.88 Å². The zero-order chi connectivity index (χ0) is 14.3. The Kier molecular flexibility index (Phi) is 3.07. The smallest absolute Gasteiger partial charge is 0.410 e. The minimum absolute atomic E-state index is 0.181. The lowest BCUT2D eigenvalue weighted by molar-refractivity contribution is 0.0215. The monoisotopic (exact) mass is 275 g/mol. The van der Waals surface area contributed by atoms with E-state index in [1.54, 1.807) is 0 Å². The number of nitrogens with zero attached hydrogens (tertiary/aromatic N) is 3. The highest BCUT2D eigenvalue weighted by molar-refractivity contribution is 5.70. The first-order valence-electron chi connectivity index (χ1n) is 7.10. The molecule has 1 amide bonds. The summed E-state index contributed by atoms with van der Waals surface area (Å²) in [6, 6.07) is 4.72. The number of pyridine rings is 1. The minimum atomic E-state index is -0.427. The lowest BCUT2D eigenvalue weighted by Gasteiger charge is -2.36. The topological polar surface area (TPSA) is 45.7 Å². The molecular formula is C15H21N3O2. The van der Waals surface area contributed by atoms with Gasteiger partial charge >= 0.3 is 6.09 Å². The molecule has 3 rings (SSSR count). The zero-order valence-electron chi connectivity index (χ0n) is 12.2. The van der Waals surface area contributed by atoms with Gasteiger partial charge in [-0.25, -0.2) is 4.79 Å². The lowest BCUT2D eigenvalue weighted by atomic mass is 10.2. The molecule has 1 aromatic heterocycles. The summed E-state index contributed by atoms with van der Waals surface area (Å²) in [5, 5.41) is 0. The first-order chi connectivity index (χ1) is 9.44. The van der Waals surface area contributed by atoms with Crippen LogP contribution in [0.25, 0.3) is 0 Å². The Bertz CT molecular complexity index is 498. The summed E-state index contributed by atoms with van der Waals surface area (Å²) in [5.74, 6) is 0. The van der Waals surface area contributed by atoms with E-state index >= 15 is 0 Å². The third-order valence-electron chi connectivity index (χ3n) is 3.86. The van der Waals surface area contributed by atoms with Crippen LogP contribution in [-0.2, 0) is 4.74 Å². The number of amides is 1. The number of aromatic nitrogens is 1. The number of fused-ring (bicyclic) bond motifs is 2. The fourth-order valence-electron chi connectivity index (χ4n) is 3.06. The van der Waals surface area contributed by atoms with Crippen LogP contribution in [0.4, 0.5) is 10.5 Å². The number of rotatable bonds is 1. The zero-order valence-corrected chi connectivity index (χ0v) is 12.2. The SMILES string of the molecule is CC(C)(C)OC(=O)N1C[C@@H]2C[C@H]1CN2c1ccncc1. The van der Waals surface area contributed by atoms with E-state index in [-0.39, 0.29) is 12.1 Å². The first kappa shape index (κ1) is 13.2. The van der Waals surface area contributed by atoms with Crippen molar-refractivity contribution in [3.63, 3.8) is 0 Å². The molecule has 2 bridgehead atoms. The van der Waals surface area contributed by atoms with Crippen molar-refractivity contribution >= 4 is 11.8 Å². The number of carbonyl (C=O) groups is 1. The number of piperazine rings is 1. The predicted molar refractivity (Wildman–Crippen MR) is 76.7 cm³/mol. The molecule has 0 spiro atoms. The van der Waals surface area contributed by atoms with Crippen LogP contribution < -0.4 is 4.90 Å². The van der Waals surface area contributed by atoms with Crippen molar-refractivity contribution in [1.29, 1.82) is 0 Å². The van der Waals surface area contributed by atoms with Crippen molar-refractivity contribution in [2.75, 3.05) is 18.0 Å². The lowest BCUT2D eigenvalue weighted by Crippen LogP contribution is -2.50. The molecular weight excluding hydrogens is 254 g/mol. The molecule has 1 aromatic rings. The van der Waals surface area contributed by atoms with Crippen LogP contribution in [0.5, 0.6) is 0 Å².